The molecule has 0 N–H and O–H groups in total. The molecule has 0 aliphatic carbocycles. The maximum absolute atomic E-state index is 5.20. The average molecular weight is 282 g/mol. The normalized spacial score (nSPS) is 12.1. The van der Waals surface area contributed by atoms with E-state index in [9.17, 15) is 0 Å². The third-order valence-corrected chi connectivity index (χ3v) is 4.00. The van der Waals surface area contributed by atoms with E-state index < -0.39 is 0 Å². The summed E-state index contributed by atoms with van der Waals surface area (Å²) in [5.41, 5.74) is 2.87. The first-order chi connectivity index (χ1) is 10.3. The van der Waals surface area contributed by atoms with Crippen LogP contribution in [-0.4, -0.2) is 7.11 Å². The maximum Gasteiger partial charge on any atom is 0.118 e. The second-order valence-electron chi connectivity index (χ2n) is 5.89. The molecule has 0 spiro atoms. The van der Waals surface area contributed by atoms with Crippen molar-refractivity contribution in [3.05, 3.63) is 65.7 Å². The Kier molecular flexibility index (Phi) is 6.33. The summed E-state index contributed by atoms with van der Waals surface area (Å²) in [6, 6.07) is 19.2. The Morgan fingerprint density at radius 3 is 2.24 bits per heavy atom. The van der Waals surface area contributed by atoms with E-state index in [1.165, 1.54) is 36.8 Å². The highest BCUT2D eigenvalue weighted by atomic mass is 16.5. The van der Waals surface area contributed by atoms with E-state index in [0.717, 1.165) is 18.1 Å². The number of hydrogen-bond donors (Lipinski definition) is 0. The predicted molar refractivity (Wildman–Crippen MR) is 89.9 cm³/mol. The zero-order valence-corrected chi connectivity index (χ0v) is 13.2. The lowest BCUT2D eigenvalue weighted by Gasteiger charge is -2.12. The molecule has 1 heteroatoms. The topological polar surface area (TPSA) is 9.23 Å². The highest BCUT2D eigenvalue weighted by Gasteiger charge is 2.04. The van der Waals surface area contributed by atoms with Crippen molar-refractivity contribution in [2.45, 2.75) is 39.0 Å². The number of hydrogen-bond acceptors (Lipinski definition) is 1. The molecule has 0 aliphatic rings. The van der Waals surface area contributed by atoms with Crippen LogP contribution in [0.25, 0.3) is 0 Å². The number of aryl methyl sites for hydroxylation is 1. The molecule has 0 aromatic heterocycles. The predicted octanol–water partition coefficient (Wildman–Crippen LogP) is 5.29. The van der Waals surface area contributed by atoms with Gasteiger partial charge in [-0.25, -0.2) is 0 Å². The van der Waals surface area contributed by atoms with Crippen LogP contribution in [0.15, 0.2) is 54.6 Å². The molecule has 2 aromatic carbocycles. The van der Waals surface area contributed by atoms with Gasteiger partial charge in [0.25, 0.3) is 0 Å². The summed E-state index contributed by atoms with van der Waals surface area (Å²) >= 11 is 0. The van der Waals surface area contributed by atoms with Crippen LogP contribution in [0.2, 0.25) is 0 Å². The van der Waals surface area contributed by atoms with Crippen molar-refractivity contribution in [1.29, 1.82) is 0 Å². The van der Waals surface area contributed by atoms with Gasteiger partial charge in [-0.1, -0.05) is 62.2 Å². The molecule has 2 rings (SSSR count). The summed E-state index contributed by atoms with van der Waals surface area (Å²) in [7, 11) is 1.71. The van der Waals surface area contributed by atoms with Gasteiger partial charge in [0.05, 0.1) is 7.11 Å². The van der Waals surface area contributed by atoms with Gasteiger partial charge in [0, 0.05) is 0 Å². The van der Waals surface area contributed by atoms with E-state index in [4.69, 9.17) is 4.74 Å². The van der Waals surface area contributed by atoms with Crippen molar-refractivity contribution in [1.82, 2.24) is 0 Å². The third-order valence-electron chi connectivity index (χ3n) is 4.00. The molecule has 2 aromatic rings. The molecule has 21 heavy (non-hydrogen) atoms. The van der Waals surface area contributed by atoms with Crippen LogP contribution >= 0.6 is 0 Å². The fourth-order valence-electron chi connectivity index (χ4n) is 2.73. The molecular weight excluding hydrogens is 256 g/mol. The number of unbranched alkanes of at least 4 members (excludes halogenated alkanes) is 1. The molecule has 0 saturated carbocycles. The lowest BCUT2D eigenvalue weighted by molar-refractivity contribution is 0.414. The van der Waals surface area contributed by atoms with E-state index in [2.05, 4.69) is 61.5 Å². The van der Waals surface area contributed by atoms with Gasteiger partial charge < -0.3 is 4.74 Å². The van der Waals surface area contributed by atoms with Gasteiger partial charge in [-0.3, -0.25) is 0 Å². The number of benzene rings is 2. The molecule has 0 saturated heterocycles. The zero-order valence-electron chi connectivity index (χ0n) is 13.2. The van der Waals surface area contributed by atoms with Gasteiger partial charge in [-0.05, 0) is 48.4 Å². The Morgan fingerprint density at radius 1 is 0.857 bits per heavy atom. The van der Waals surface area contributed by atoms with Gasteiger partial charge in [0.15, 0.2) is 0 Å². The summed E-state index contributed by atoms with van der Waals surface area (Å²) in [6.45, 7) is 2.35. The number of methoxy groups -OCH3 is 1. The van der Waals surface area contributed by atoms with E-state index in [-0.39, 0.29) is 0 Å². The Balaban J connectivity index is 1.66. The molecule has 0 amide bonds. The molecule has 0 heterocycles. The van der Waals surface area contributed by atoms with Gasteiger partial charge >= 0.3 is 0 Å². The molecule has 0 bridgehead atoms. The van der Waals surface area contributed by atoms with Gasteiger partial charge in [-0.15, -0.1) is 0 Å². The van der Waals surface area contributed by atoms with E-state index in [0.29, 0.717) is 0 Å². The Labute approximate surface area is 129 Å². The summed E-state index contributed by atoms with van der Waals surface area (Å²) in [6.07, 6.45) is 6.27. The lowest BCUT2D eigenvalue weighted by Crippen LogP contribution is -2.00. The molecule has 0 unspecified atom stereocenters. The van der Waals surface area contributed by atoms with Crippen LogP contribution in [0, 0.1) is 5.92 Å². The smallest absolute Gasteiger partial charge is 0.118 e. The Bertz CT molecular complexity index is 501. The minimum atomic E-state index is 0.745. The van der Waals surface area contributed by atoms with Crippen LogP contribution in [0.5, 0.6) is 5.75 Å². The van der Waals surface area contributed by atoms with E-state index in [1.807, 2.05) is 0 Å². The van der Waals surface area contributed by atoms with Crippen LogP contribution in [0.4, 0.5) is 0 Å². The second kappa shape index (κ2) is 8.51. The summed E-state index contributed by atoms with van der Waals surface area (Å²) in [5.74, 6) is 1.68. The maximum atomic E-state index is 5.20. The SMILES string of the molecule is COc1ccc(C[C@H](C)CCCCc2ccccc2)cc1. The standard InChI is InChI=1S/C20H26O/c1-17(16-19-12-14-20(21-2)15-13-19)8-6-7-11-18-9-4-3-5-10-18/h3-5,9-10,12-15,17H,6-8,11,16H2,1-2H3/t17-/m1/s1. The molecule has 0 fully saturated rings. The van der Waals surface area contributed by atoms with Crippen molar-refractivity contribution in [2.24, 2.45) is 5.92 Å². The summed E-state index contributed by atoms with van der Waals surface area (Å²) in [4.78, 5) is 0. The average Bonchev–Trinajstić information content (AvgIpc) is 2.53. The monoisotopic (exact) mass is 282 g/mol. The minimum absolute atomic E-state index is 0.745. The highest BCUT2D eigenvalue weighted by molar-refractivity contribution is 5.27. The fourth-order valence-corrected chi connectivity index (χ4v) is 2.73. The van der Waals surface area contributed by atoms with Crippen molar-refractivity contribution in [3.63, 3.8) is 0 Å². The van der Waals surface area contributed by atoms with Crippen LogP contribution in [0.1, 0.15) is 37.3 Å². The lowest BCUT2D eigenvalue weighted by atomic mass is 9.95. The zero-order chi connectivity index (χ0) is 14.9. The molecule has 0 aliphatic heterocycles. The minimum Gasteiger partial charge on any atom is -0.497 e. The van der Waals surface area contributed by atoms with Crippen LogP contribution < -0.4 is 4.74 Å². The largest absolute Gasteiger partial charge is 0.497 e. The number of ether oxygens (including phenoxy) is 1. The molecule has 112 valence electrons. The van der Waals surface area contributed by atoms with Crippen molar-refractivity contribution < 1.29 is 4.74 Å². The van der Waals surface area contributed by atoms with Crippen LogP contribution in [0.3, 0.4) is 0 Å². The molecule has 1 atom stereocenters. The second-order valence-corrected chi connectivity index (χ2v) is 5.89. The van der Waals surface area contributed by atoms with Gasteiger partial charge in [0.2, 0.25) is 0 Å². The first-order valence-corrected chi connectivity index (χ1v) is 7.95. The first-order valence-electron chi connectivity index (χ1n) is 7.95. The molecular formula is C20H26O. The number of rotatable bonds is 8. The van der Waals surface area contributed by atoms with E-state index >= 15 is 0 Å². The fraction of sp³-hybridized carbons (Fsp3) is 0.400. The highest BCUT2D eigenvalue weighted by Crippen LogP contribution is 2.18. The van der Waals surface area contributed by atoms with Crippen molar-refractivity contribution in [3.8, 4) is 5.75 Å². The summed E-state index contributed by atoms with van der Waals surface area (Å²) in [5, 5.41) is 0. The Morgan fingerprint density at radius 2 is 1.57 bits per heavy atom. The van der Waals surface area contributed by atoms with Gasteiger partial charge in [0.1, 0.15) is 5.75 Å². The third kappa shape index (κ3) is 5.63. The van der Waals surface area contributed by atoms with Crippen molar-refractivity contribution >= 4 is 0 Å². The molecule has 0 radical (unpaired) electrons. The Hall–Kier alpha value is -1.76. The molecule has 1 nitrogen and oxygen atoms in total. The quantitative estimate of drug-likeness (QED) is 0.598. The van der Waals surface area contributed by atoms with Crippen LogP contribution in [-0.2, 0) is 12.8 Å². The summed E-state index contributed by atoms with van der Waals surface area (Å²) < 4.78 is 5.20. The van der Waals surface area contributed by atoms with Crippen molar-refractivity contribution in [2.75, 3.05) is 7.11 Å². The first kappa shape index (κ1) is 15.6. The van der Waals surface area contributed by atoms with E-state index in [1.54, 1.807) is 7.11 Å². The van der Waals surface area contributed by atoms with Gasteiger partial charge in [-0.2, -0.15) is 0 Å².